The third-order valence-electron chi connectivity index (χ3n) is 5.94. The van der Waals surface area contributed by atoms with E-state index in [-0.39, 0.29) is 17.9 Å². The van der Waals surface area contributed by atoms with Gasteiger partial charge in [0.15, 0.2) is 0 Å². The number of nitrogens with zero attached hydrogens (tertiary/aromatic N) is 4. The minimum Gasteiger partial charge on any atom is -0.444 e. The Bertz CT molecular complexity index is 1100. The molecule has 0 unspecified atom stereocenters. The van der Waals surface area contributed by atoms with E-state index in [1.807, 2.05) is 13.8 Å². The molecule has 0 saturated carbocycles. The van der Waals surface area contributed by atoms with Crippen LogP contribution in [-0.2, 0) is 6.18 Å². The Kier molecular flexibility index (Phi) is 6.35. The van der Waals surface area contributed by atoms with Gasteiger partial charge in [0.05, 0.1) is 17.3 Å². The number of carbonyl (C=O) groups excluding carboxylic acids is 1. The van der Waals surface area contributed by atoms with E-state index >= 15 is 0 Å². The van der Waals surface area contributed by atoms with E-state index in [9.17, 15) is 18.0 Å². The van der Waals surface area contributed by atoms with Crippen molar-refractivity contribution < 1.29 is 22.4 Å². The molecule has 0 aromatic carbocycles. The topological polar surface area (TPSA) is 84.2 Å². The van der Waals surface area contributed by atoms with Gasteiger partial charge in [-0.25, -0.2) is 15.0 Å². The highest BCUT2D eigenvalue weighted by Crippen LogP contribution is 2.30. The highest BCUT2D eigenvalue weighted by atomic mass is 19.4. The fourth-order valence-electron chi connectivity index (χ4n) is 4.07. The molecule has 7 nitrogen and oxygen atoms in total. The summed E-state index contributed by atoms with van der Waals surface area (Å²) >= 11 is 0. The van der Waals surface area contributed by atoms with Gasteiger partial charge >= 0.3 is 6.18 Å². The van der Waals surface area contributed by atoms with Crippen LogP contribution in [0.5, 0.6) is 0 Å². The van der Waals surface area contributed by atoms with Crippen LogP contribution in [0.15, 0.2) is 47.3 Å². The van der Waals surface area contributed by atoms with Gasteiger partial charge in [0.1, 0.15) is 17.8 Å². The highest BCUT2D eigenvalue weighted by Gasteiger charge is 2.34. The molecular formula is C23H24F3N5O2. The first kappa shape index (κ1) is 22.8. The molecule has 4 rings (SSSR count). The number of anilines is 1. The van der Waals surface area contributed by atoms with Gasteiger partial charge in [-0.1, -0.05) is 0 Å². The number of hydrogen-bond acceptors (Lipinski definition) is 6. The summed E-state index contributed by atoms with van der Waals surface area (Å²) in [5.74, 6) is 0.603. The van der Waals surface area contributed by atoms with Crippen LogP contribution in [0.4, 0.5) is 19.0 Å². The summed E-state index contributed by atoms with van der Waals surface area (Å²) in [7, 11) is 0. The number of pyridine rings is 2. The first-order chi connectivity index (χ1) is 15.7. The van der Waals surface area contributed by atoms with Crippen molar-refractivity contribution >= 4 is 11.7 Å². The van der Waals surface area contributed by atoms with Crippen molar-refractivity contribution in [3.8, 4) is 11.5 Å². The lowest BCUT2D eigenvalue weighted by Crippen LogP contribution is -2.49. The molecule has 1 saturated heterocycles. The molecule has 174 valence electrons. The zero-order valence-electron chi connectivity index (χ0n) is 18.3. The molecule has 0 spiro atoms. The maximum absolute atomic E-state index is 13.5. The van der Waals surface area contributed by atoms with Crippen molar-refractivity contribution in [3.63, 3.8) is 0 Å². The van der Waals surface area contributed by atoms with E-state index in [4.69, 9.17) is 4.42 Å². The van der Waals surface area contributed by atoms with E-state index in [0.29, 0.717) is 41.7 Å². The summed E-state index contributed by atoms with van der Waals surface area (Å²) in [6.45, 7) is 4.87. The Labute approximate surface area is 189 Å². The van der Waals surface area contributed by atoms with Crippen molar-refractivity contribution in [1.82, 2.24) is 19.9 Å². The third kappa shape index (κ3) is 4.99. The van der Waals surface area contributed by atoms with Crippen LogP contribution in [-0.4, -0.2) is 44.9 Å². The Hall–Kier alpha value is -3.43. The van der Waals surface area contributed by atoms with Gasteiger partial charge < -0.3 is 14.6 Å². The average Bonchev–Trinajstić information content (AvgIpc) is 3.32. The van der Waals surface area contributed by atoms with E-state index in [1.165, 1.54) is 18.5 Å². The zero-order chi connectivity index (χ0) is 23.6. The number of piperidine rings is 1. The molecule has 1 fully saturated rings. The number of aryl methyl sites for hydroxylation is 1. The summed E-state index contributed by atoms with van der Waals surface area (Å²) < 4.78 is 43.6. The molecule has 1 aliphatic rings. The lowest BCUT2D eigenvalue weighted by Gasteiger charge is -2.39. The largest absolute Gasteiger partial charge is 0.444 e. The molecule has 0 aliphatic carbocycles. The van der Waals surface area contributed by atoms with Gasteiger partial charge in [0.2, 0.25) is 5.89 Å². The second-order valence-corrected chi connectivity index (χ2v) is 8.14. The number of alkyl halides is 3. The minimum atomic E-state index is -4.42. The number of likely N-dealkylation sites (tertiary alicyclic amines) is 1. The van der Waals surface area contributed by atoms with Crippen LogP contribution in [0.3, 0.4) is 0 Å². The molecule has 1 N–H and O–H groups in total. The number of hydrogen-bond donors (Lipinski definition) is 1. The van der Waals surface area contributed by atoms with Crippen molar-refractivity contribution in [1.29, 1.82) is 0 Å². The Morgan fingerprint density at radius 1 is 1.24 bits per heavy atom. The first-order valence-electron chi connectivity index (χ1n) is 10.7. The highest BCUT2D eigenvalue weighted by molar-refractivity contribution is 5.98. The minimum absolute atomic E-state index is 0.0989. The van der Waals surface area contributed by atoms with Crippen LogP contribution < -0.4 is 5.32 Å². The summed E-state index contributed by atoms with van der Waals surface area (Å²) in [5.41, 5.74) is 0.757. The van der Waals surface area contributed by atoms with Gasteiger partial charge in [-0.2, -0.15) is 13.2 Å². The molecule has 3 aromatic rings. The molecule has 3 aromatic heterocycles. The molecule has 33 heavy (non-hydrogen) atoms. The summed E-state index contributed by atoms with van der Waals surface area (Å²) in [4.78, 5) is 27.8. The number of carbonyl (C=O) groups is 1. The van der Waals surface area contributed by atoms with Gasteiger partial charge in [-0.15, -0.1) is 0 Å². The molecule has 0 bridgehead atoms. The lowest BCUT2D eigenvalue weighted by molar-refractivity contribution is -0.137. The van der Waals surface area contributed by atoms with Gasteiger partial charge in [0.25, 0.3) is 5.91 Å². The van der Waals surface area contributed by atoms with Gasteiger partial charge in [-0.05, 0) is 56.9 Å². The normalized spacial score (nSPS) is 18.9. The predicted octanol–water partition coefficient (Wildman–Crippen LogP) is 4.81. The smallest absolute Gasteiger partial charge is 0.417 e. The zero-order valence-corrected chi connectivity index (χ0v) is 18.3. The fourth-order valence-corrected chi connectivity index (χ4v) is 4.07. The summed E-state index contributed by atoms with van der Waals surface area (Å²) in [6, 6.07) is 5.81. The van der Waals surface area contributed by atoms with Crippen LogP contribution >= 0.6 is 0 Å². The second-order valence-electron chi connectivity index (χ2n) is 8.14. The molecule has 4 heterocycles. The van der Waals surface area contributed by atoms with Crippen molar-refractivity contribution in [3.05, 3.63) is 59.9 Å². The van der Waals surface area contributed by atoms with E-state index in [2.05, 4.69) is 20.3 Å². The van der Waals surface area contributed by atoms with Crippen LogP contribution in [0.2, 0.25) is 0 Å². The Morgan fingerprint density at radius 3 is 2.73 bits per heavy atom. The molecule has 10 heteroatoms. The second kappa shape index (κ2) is 9.21. The first-order valence-corrected chi connectivity index (χ1v) is 10.7. The van der Waals surface area contributed by atoms with Crippen LogP contribution in [0.1, 0.15) is 41.5 Å². The molecule has 1 aliphatic heterocycles. The summed E-state index contributed by atoms with van der Waals surface area (Å²) in [5, 5.41) is 3.11. The average molecular weight is 459 g/mol. The third-order valence-corrected chi connectivity index (χ3v) is 5.94. The van der Waals surface area contributed by atoms with Crippen molar-refractivity contribution in [2.24, 2.45) is 5.92 Å². The molecule has 0 radical (unpaired) electrons. The number of rotatable bonds is 5. The molecular weight excluding hydrogens is 435 g/mol. The maximum Gasteiger partial charge on any atom is 0.417 e. The lowest BCUT2D eigenvalue weighted by atomic mass is 9.89. The van der Waals surface area contributed by atoms with Gasteiger partial charge in [-0.3, -0.25) is 4.79 Å². The van der Waals surface area contributed by atoms with E-state index in [0.717, 1.165) is 25.1 Å². The molecule has 1 amide bonds. The number of oxazole rings is 1. The molecule has 2 atom stereocenters. The van der Waals surface area contributed by atoms with E-state index < -0.39 is 11.7 Å². The van der Waals surface area contributed by atoms with Crippen molar-refractivity contribution in [2.75, 3.05) is 18.4 Å². The predicted molar refractivity (Wildman–Crippen MR) is 115 cm³/mol. The number of amides is 1. The SMILES string of the molecule is Cc1ccc(-c2ncco2)c(C(=O)N2CCC[C@@H](CNc3ccc(C(F)(F)F)cn3)[C@@H]2C)n1. The maximum atomic E-state index is 13.5. The van der Waals surface area contributed by atoms with E-state index in [1.54, 1.807) is 17.0 Å². The fraction of sp³-hybridized carbons (Fsp3) is 0.391. The van der Waals surface area contributed by atoms with Crippen molar-refractivity contribution in [2.45, 2.75) is 38.9 Å². The van der Waals surface area contributed by atoms with Crippen LogP contribution in [0, 0.1) is 12.8 Å². The Balaban J connectivity index is 1.47. The monoisotopic (exact) mass is 459 g/mol. The van der Waals surface area contributed by atoms with Crippen LogP contribution in [0.25, 0.3) is 11.5 Å². The standard InChI is InChI=1S/C23H24F3N5O2/c1-14-5-7-18(21-27-9-11-33-21)20(30-14)22(32)31-10-3-4-16(15(31)2)12-28-19-8-6-17(13-29-19)23(24,25)26/h5-9,11,13,15-16H,3-4,10,12H2,1-2H3,(H,28,29)/t15-,16-/m0/s1. The summed E-state index contributed by atoms with van der Waals surface area (Å²) in [6.07, 6.45) is 1.05. The Morgan fingerprint density at radius 2 is 2.06 bits per heavy atom. The number of aromatic nitrogens is 3. The quantitative estimate of drug-likeness (QED) is 0.590. The number of nitrogens with one attached hydrogen (secondary N) is 1. The number of halogens is 3. The van der Waals surface area contributed by atoms with Gasteiger partial charge in [0, 0.05) is 31.0 Å².